The molecule has 0 atom stereocenters. The van der Waals surface area contributed by atoms with Gasteiger partial charge in [-0.25, -0.2) is 0 Å². The standard InChI is InChI=1S/C40H78O3.Ag/c1-3-5-7-9-11-13-15-17-19-20-21-22-24-26-28-30-32-34-36-38-40(42)43-39(41)37-35-33-31-29-27-25-23-18-16-14-12-10-8-6-4-2;/h3-38H2,1-2H3;. The molecule has 0 aliphatic carbocycles. The molecule has 44 heavy (non-hydrogen) atoms. The number of ether oxygens (including phenoxy) is 1. The van der Waals surface area contributed by atoms with Crippen LogP contribution in [0.1, 0.15) is 245 Å². The third-order valence-electron chi connectivity index (χ3n) is 9.20. The number of esters is 2. The van der Waals surface area contributed by atoms with Crippen LogP contribution in [0.3, 0.4) is 0 Å². The van der Waals surface area contributed by atoms with Crippen molar-refractivity contribution in [3.63, 3.8) is 0 Å². The first-order chi connectivity index (χ1) is 21.2. The van der Waals surface area contributed by atoms with E-state index in [9.17, 15) is 9.59 Å². The predicted molar refractivity (Wildman–Crippen MR) is 189 cm³/mol. The summed E-state index contributed by atoms with van der Waals surface area (Å²) < 4.78 is 5.03. The van der Waals surface area contributed by atoms with Crippen molar-refractivity contribution in [2.24, 2.45) is 0 Å². The zero-order valence-electron chi connectivity index (χ0n) is 30.0. The summed E-state index contributed by atoms with van der Waals surface area (Å²) in [7, 11) is 0. The third kappa shape index (κ3) is 39.9. The van der Waals surface area contributed by atoms with E-state index in [1.54, 1.807) is 0 Å². The smallest absolute Gasteiger partial charge is 0.313 e. The maximum absolute atomic E-state index is 12.0. The van der Waals surface area contributed by atoms with Crippen LogP contribution < -0.4 is 0 Å². The molecule has 1 radical (unpaired) electrons. The summed E-state index contributed by atoms with van der Waals surface area (Å²) in [6.07, 6.45) is 46.0. The third-order valence-corrected chi connectivity index (χ3v) is 9.20. The molecule has 0 rings (SSSR count). The van der Waals surface area contributed by atoms with Gasteiger partial charge in [-0.1, -0.05) is 219 Å². The second-order valence-corrected chi connectivity index (χ2v) is 13.7. The Hall–Kier alpha value is -0.120. The molecule has 0 saturated heterocycles. The zero-order chi connectivity index (χ0) is 31.3. The Kier molecular flexibility index (Phi) is 42.8. The summed E-state index contributed by atoms with van der Waals surface area (Å²) in [4.78, 5) is 23.9. The van der Waals surface area contributed by atoms with Crippen LogP contribution in [0, 0.1) is 0 Å². The van der Waals surface area contributed by atoms with Gasteiger partial charge in [-0.2, -0.15) is 0 Å². The summed E-state index contributed by atoms with van der Waals surface area (Å²) in [6.45, 7) is 4.57. The van der Waals surface area contributed by atoms with Crippen molar-refractivity contribution in [1.29, 1.82) is 0 Å². The number of unbranched alkanes of at least 4 members (excludes halogenated alkanes) is 32. The molecular formula is C40H78AgO3. The van der Waals surface area contributed by atoms with E-state index in [2.05, 4.69) is 13.8 Å². The molecule has 0 aromatic rings. The number of hydrogen-bond acceptors (Lipinski definition) is 3. The van der Waals surface area contributed by atoms with E-state index in [0.717, 1.165) is 25.7 Å². The maximum atomic E-state index is 12.0. The molecule has 0 fully saturated rings. The minimum Gasteiger partial charge on any atom is -0.393 e. The van der Waals surface area contributed by atoms with E-state index >= 15 is 0 Å². The van der Waals surface area contributed by atoms with Gasteiger partial charge in [-0.05, 0) is 12.8 Å². The van der Waals surface area contributed by atoms with Crippen molar-refractivity contribution in [2.75, 3.05) is 0 Å². The van der Waals surface area contributed by atoms with Gasteiger partial charge in [0.1, 0.15) is 0 Å². The van der Waals surface area contributed by atoms with Crippen LogP contribution in [0.4, 0.5) is 0 Å². The molecule has 0 bridgehead atoms. The van der Waals surface area contributed by atoms with Gasteiger partial charge < -0.3 is 4.74 Å². The molecule has 0 unspecified atom stereocenters. The van der Waals surface area contributed by atoms with Crippen LogP contribution >= 0.6 is 0 Å². The van der Waals surface area contributed by atoms with E-state index in [-0.39, 0.29) is 34.3 Å². The molecule has 0 aliphatic heterocycles. The fraction of sp³-hybridized carbons (Fsp3) is 0.950. The average Bonchev–Trinajstić information content (AvgIpc) is 3.00. The van der Waals surface area contributed by atoms with Crippen LogP contribution in [0.5, 0.6) is 0 Å². The average molecular weight is 715 g/mol. The molecule has 267 valence electrons. The molecule has 3 nitrogen and oxygen atoms in total. The SMILES string of the molecule is CCCCCCCCCCCCCCCCCCCCCC(=O)OC(=O)CCCCCCCCCCCCCCCCC.[Ag]. The van der Waals surface area contributed by atoms with Crippen LogP contribution in [-0.4, -0.2) is 11.9 Å². The van der Waals surface area contributed by atoms with Crippen molar-refractivity contribution in [1.82, 2.24) is 0 Å². The summed E-state index contributed by atoms with van der Waals surface area (Å²) >= 11 is 0. The second kappa shape index (κ2) is 40.9. The largest absolute Gasteiger partial charge is 0.393 e. The van der Waals surface area contributed by atoms with Crippen LogP contribution in [0.15, 0.2) is 0 Å². The first-order valence-corrected chi connectivity index (χ1v) is 19.9. The summed E-state index contributed by atoms with van der Waals surface area (Å²) in [5.41, 5.74) is 0. The predicted octanol–water partition coefficient (Wildman–Crippen LogP) is 14.1. The van der Waals surface area contributed by atoms with Gasteiger partial charge in [0.15, 0.2) is 0 Å². The van der Waals surface area contributed by atoms with E-state index in [0.29, 0.717) is 12.8 Å². The molecule has 0 N–H and O–H groups in total. The molecule has 0 aromatic heterocycles. The van der Waals surface area contributed by atoms with E-state index in [1.165, 1.54) is 193 Å². The topological polar surface area (TPSA) is 43.4 Å². The normalized spacial score (nSPS) is 11.0. The summed E-state index contributed by atoms with van der Waals surface area (Å²) in [5, 5.41) is 0. The Morgan fingerprint density at radius 3 is 0.636 bits per heavy atom. The maximum Gasteiger partial charge on any atom is 0.313 e. The van der Waals surface area contributed by atoms with Crippen molar-refractivity contribution in [3.8, 4) is 0 Å². The van der Waals surface area contributed by atoms with Crippen LogP contribution in [-0.2, 0) is 36.7 Å². The van der Waals surface area contributed by atoms with Gasteiger partial charge in [-0.15, -0.1) is 0 Å². The Balaban J connectivity index is 0. The summed E-state index contributed by atoms with van der Waals surface area (Å²) in [5.74, 6) is -0.643. The van der Waals surface area contributed by atoms with Crippen molar-refractivity contribution in [3.05, 3.63) is 0 Å². The fourth-order valence-electron chi connectivity index (χ4n) is 6.22. The quantitative estimate of drug-likeness (QED) is 0.0281. The zero-order valence-corrected chi connectivity index (χ0v) is 31.5. The van der Waals surface area contributed by atoms with Gasteiger partial charge >= 0.3 is 11.9 Å². The van der Waals surface area contributed by atoms with E-state index in [1.807, 2.05) is 0 Å². The molecular weight excluding hydrogens is 636 g/mol. The van der Waals surface area contributed by atoms with Gasteiger partial charge in [0.2, 0.25) is 0 Å². The van der Waals surface area contributed by atoms with E-state index in [4.69, 9.17) is 4.74 Å². The van der Waals surface area contributed by atoms with Crippen molar-refractivity contribution >= 4 is 11.9 Å². The van der Waals surface area contributed by atoms with Crippen LogP contribution in [0.25, 0.3) is 0 Å². The molecule has 0 amide bonds. The molecule has 4 heteroatoms. The molecule has 0 aromatic carbocycles. The molecule has 0 saturated carbocycles. The minimum absolute atomic E-state index is 0. The van der Waals surface area contributed by atoms with E-state index < -0.39 is 0 Å². The monoisotopic (exact) mass is 714 g/mol. The molecule has 0 aliphatic rings. The molecule has 0 heterocycles. The summed E-state index contributed by atoms with van der Waals surface area (Å²) in [6, 6.07) is 0. The van der Waals surface area contributed by atoms with Crippen molar-refractivity contribution in [2.45, 2.75) is 245 Å². The Bertz CT molecular complexity index is 565. The van der Waals surface area contributed by atoms with Gasteiger partial charge in [0.25, 0.3) is 0 Å². The number of carbonyl (C=O) groups is 2. The van der Waals surface area contributed by atoms with Crippen molar-refractivity contribution < 1.29 is 36.7 Å². The van der Waals surface area contributed by atoms with Gasteiger partial charge in [0.05, 0.1) is 0 Å². The first kappa shape index (κ1) is 46.0. The number of hydrogen-bond donors (Lipinski definition) is 0. The number of carbonyl (C=O) groups excluding carboxylic acids is 2. The van der Waals surface area contributed by atoms with Crippen LogP contribution in [0.2, 0.25) is 0 Å². The first-order valence-electron chi connectivity index (χ1n) is 19.9. The Morgan fingerprint density at radius 1 is 0.295 bits per heavy atom. The minimum atomic E-state index is -0.322. The Labute approximate surface area is 292 Å². The number of rotatable bonds is 36. The second-order valence-electron chi connectivity index (χ2n) is 13.7. The van der Waals surface area contributed by atoms with Gasteiger partial charge in [-0.3, -0.25) is 9.59 Å². The van der Waals surface area contributed by atoms with Gasteiger partial charge in [0, 0.05) is 35.2 Å². The Morgan fingerprint density at radius 2 is 0.455 bits per heavy atom. The fourth-order valence-corrected chi connectivity index (χ4v) is 6.22. The molecule has 0 spiro atoms.